The summed E-state index contributed by atoms with van der Waals surface area (Å²) in [6.07, 6.45) is -4.90. The number of hydrogen-bond acceptors (Lipinski definition) is 2. The summed E-state index contributed by atoms with van der Waals surface area (Å²) >= 11 is 0. The molecule has 2 N–H and O–H groups in total. The first-order valence-corrected chi connectivity index (χ1v) is 5.47. The highest BCUT2D eigenvalue weighted by Gasteiger charge is 2.44. The van der Waals surface area contributed by atoms with E-state index in [1.165, 1.54) is 19.9 Å². The van der Waals surface area contributed by atoms with Crippen molar-refractivity contribution < 1.29 is 18.0 Å². The Labute approximate surface area is 103 Å². The van der Waals surface area contributed by atoms with Crippen LogP contribution in [0.3, 0.4) is 0 Å². The summed E-state index contributed by atoms with van der Waals surface area (Å²) in [5.74, 6) is -1.88. The SMILES string of the molecule is CC(C)N(C(=O)C(F)(F)F)c1ccccc1CN. The van der Waals surface area contributed by atoms with Crippen molar-refractivity contribution in [2.24, 2.45) is 5.73 Å². The van der Waals surface area contributed by atoms with Gasteiger partial charge in [-0.3, -0.25) is 4.79 Å². The van der Waals surface area contributed by atoms with Crippen molar-refractivity contribution in [2.75, 3.05) is 4.90 Å². The van der Waals surface area contributed by atoms with Gasteiger partial charge in [0.05, 0.1) is 0 Å². The molecule has 0 spiro atoms. The summed E-state index contributed by atoms with van der Waals surface area (Å²) in [4.78, 5) is 12.2. The number of hydrogen-bond donors (Lipinski definition) is 1. The van der Waals surface area contributed by atoms with Gasteiger partial charge in [0.2, 0.25) is 0 Å². The topological polar surface area (TPSA) is 46.3 Å². The largest absolute Gasteiger partial charge is 0.471 e. The van der Waals surface area contributed by atoms with Gasteiger partial charge in [-0.05, 0) is 25.5 Å². The van der Waals surface area contributed by atoms with Gasteiger partial charge >= 0.3 is 12.1 Å². The second-order valence-electron chi connectivity index (χ2n) is 4.10. The lowest BCUT2D eigenvalue weighted by Crippen LogP contribution is -2.45. The number of anilines is 1. The van der Waals surface area contributed by atoms with Crippen molar-refractivity contribution in [3.8, 4) is 0 Å². The average molecular weight is 260 g/mol. The summed E-state index contributed by atoms with van der Waals surface area (Å²) in [6.45, 7) is 3.12. The quantitative estimate of drug-likeness (QED) is 0.907. The third-order valence-electron chi connectivity index (χ3n) is 2.45. The summed E-state index contributed by atoms with van der Waals surface area (Å²) in [5, 5.41) is 0. The van der Waals surface area contributed by atoms with E-state index in [-0.39, 0.29) is 12.2 Å². The Morgan fingerprint density at radius 1 is 1.33 bits per heavy atom. The number of alkyl halides is 3. The molecule has 1 aromatic rings. The lowest BCUT2D eigenvalue weighted by atomic mass is 10.1. The van der Waals surface area contributed by atoms with E-state index in [0.29, 0.717) is 5.56 Å². The van der Waals surface area contributed by atoms with Crippen molar-refractivity contribution in [1.82, 2.24) is 0 Å². The molecular weight excluding hydrogens is 245 g/mol. The van der Waals surface area contributed by atoms with Gasteiger partial charge in [-0.1, -0.05) is 18.2 Å². The van der Waals surface area contributed by atoms with Gasteiger partial charge in [0.15, 0.2) is 0 Å². The zero-order chi connectivity index (χ0) is 13.9. The van der Waals surface area contributed by atoms with E-state index in [9.17, 15) is 18.0 Å². The summed E-state index contributed by atoms with van der Waals surface area (Å²) in [6, 6.07) is 5.71. The van der Waals surface area contributed by atoms with Crippen LogP contribution < -0.4 is 10.6 Å². The summed E-state index contributed by atoms with van der Waals surface area (Å²) in [5.41, 5.74) is 6.19. The zero-order valence-electron chi connectivity index (χ0n) is 10.2. The maximum Gasteiger partial charge on any atom is 0.471 e. The number of nitrogens with zero attached hydrogens (tertiary/aromatic N) is 1. The second kappa shape index (κ2) is 5.39. The highest BCUT2D eigenvalue weighted by Crippen LogP contribution is 2.28. The van der Waals surface area contributed by atoms with Crippen molar-refractivity contribution in [3.63, 3.8) is 0 Å². The van der Waals surface area contributed by atoms with E-state index in [1.54, 1.807) is 18.2 Å². The van der Waals surface area contributed by atoms with Crippen LogP contribution in [0.1, 0.15) is 19.4 Å². The maximum absolute atomic E-state index is 12.6. The van der Waals surface area contributed by atoms with Crippen LogP contribution in [0.15, 0.2) is 24.3 Å². The Balaban J connectivity index is 3.25. The molecule has 3 nitrogen and oxygen atoms in total. The van der Waals surface area contributed by atoms with E-state index in [2.05, 4.69) is 0 Å². The van der Waals surface area contributed by atoms with Crippen LogP contribution in [0.4, 0.5) is 18.9 Å². The van der Waals surface area contributed by atoms with Gasteiger partial charge in [-0.2, -0.15) is 13.2 Å². The number of benzene rings is 1. The van der Waals surface area contributed by atoms with Crippen LogP contribution in [0, 0.1) is 0 Å². The predicted molar refractivity (Wildman–Crippen MR) is 63.0 cm³/mol. The Morgan fingerprint density at radius 3 is 2.33 bits per heavy atom. The molecule has 0 saturated heterocycles. The van der Waals surface area contributed by atoms with E-state index in [0.717, 1.165) is 4.90 Å². The smallest absolute Gasteiger partial charge is 0.326 e. The van der Waals surface area contributed by atoms with Crippen LogP contribution >= 0.6 is 0 Å². The van der Waals surface area contributed by atoms with Crippen LogP contribution in [-0.2, 0) is 11.3 Å². The van der Waals surface area contributed by atoms with Crippen LogP contribution in [0.2, 0.25) is 0 Å². The third kappa shape index (κ3) is 3.01. The summed E-state index contributed by atoms with van der Waals surface area (Å²) in [7, 11) is 0. The summed E-state index contributed by atoms with van der Waals surface area (Å²) < 4.78 is 37.7. The molecular formula is C12H15F3N2O. The number of halogens is 3. The molecule has 18 heavy (non-hydrogen) atoms. The highest BCUT2D eigenvalue weighted by molar-refractivity contribution is 5.98. The molecule has 0 radical (unpaired) electrons. The van der Waals surface area contributed by atoms with Gasteiger partial charge in [0.25, 0.3) is 0 Å². The number of rotatable bonds is 3. The molecule has 1 amide bonds. The highest BCUT2D eigenvalue weighted by atomic mass is 19.4. The molecule has 0 unspecified atom stereocenters. The first-order chi connectivity index (χ1) is 8.29. The molecule has 0 atom stereocenters. The average Bonchev–Trinajstić information content (AvgIpc) is 2.28. The number of carbonyl (C=O) groups is 1. The van der Waals surface area contributed by atoms with E-state index < -0.39 is 18.1 Å². The van der Waals surface area contributed by atoms with Crippen molar-refractivity contribution in [2.45, 2.75) is 32.6 Å². The normalized spacial score (nSPS) is 11.7. The Hall–Kier alpha value is -1.56. The van der Waals surface area contributed by atoms with Crippen LogP contribution in [0.25, 0.3) is 0 Å². The minimum Gasteiger partial charge on any atom is -0.326 e. The number of amides is 1. The van der Waals surface area contributed by atoms with Gasteiger partial charge in [-0.25, -0.2) is 0 Å². The van der Waals surface area contributed by atoms with Crippen LogP contribution in [0.5, 0.6) is 0 Å². The molecule has 6 heteroatoms. The number of carbonyl (C=O) groups excluding carboxylic acids is 1. The number of para-hydroxylation sites is 1. The van der Waals surface area contributed by atoms with Crippen LogP contribution in [-0.4, -0.2) is 18.1 Å². The van der Waals surface area contributed by atoms with Crippen molar-refractivity contribution in [3.05, 3.63) is 29.8 Å². The van der Waals surface area contributed by atoms with E-state index in [4.69, 9.17) is 5.73 Å². The molecule has 0 fully saturated rings. The van der Waals surface area contributed by atoms with E-state index in [1.807, 2.05) is 0 Å². The lowest BCUT2D eigenvalue weighted by molar-refractivity contribution is -0.170. The fourth-order valence-electron chi connectivity index (χ4n) is 1.68. The first kappa shape index (κ1) is 14.5. The molecule has 0 aliphatic carbocycles. The van der Waals surface area contributed by atoms with Crippen molar-refractivity contribution >= 4 is 11.6 Å². The molecule has 0 saturated carbocycles. The standard InChI is InChI=1S/C12H15F3N2O/c1-8(2)17(11(18)12(13,14)15)10-6-4-3-5-9(10)7-16/h3-6,8H,7,16H2,1-2H3. The second-order valence-corrected chi connectivity index (χ2v) is 4.10. The Morgan fingerprint density at radius 2 is 1.89 bits per heavy atom. The molecule has 0 aliphatic rings. The fraction of sp³-hybridized carbons (Fsp3) is 0.417. The lowest BCUT2D eigenvalue weighted by Gasteiger charge is -2.29. The molecule has 0 aromatic heterocycles. The van der Waals surface area contributed by atoms with E-state index >= 15 is 0 Å². The van der Waals surface area contributed by atoms with Gasteiger partial charge in [0, 0.05) is 18.3 Å². The fourth-order valence-corrected chi connectivity index (χ4v) is 1.68. The van der Waals surface area contributed by atoms with Gasteiger partial charge in [-0.15, -0.1) is 0 Å². The minimum atomic E-state index is -4.90. The predicted octanol–water partition coefficient (Wildman–Crippen LogP) is 2.45. The molecule has 0 bridgehead atoms. The van der Waals surface area contributed by atoms with Gasteiger partial charge < -0.3 is 10.6 Å². The molecule has 100 valence electrons. The third-order valence-corrected chi connectivity index (χ3v) is 2.45. The Kier molecular flexibility index (Phi) is 4.34. The Bertz CT molecular complexity index is 430. The molecule has 1 rings (SSSR count). The zero-order valence-corrected chi connectivity index (χ0v) is 10.2. The molecule has 0 aliphatic heterocycles. The number of nitrogens with two attached hydrogens (primary N) is 1. The molecule has 1 aromatic carbocycles. The molecule has 0 heterocycles. The van der Waals surface area contributed by atoms with Crippen molar-refractivity contribution in [1.29, 1.82) is 0 Å². The minimum absolute atomic E-state index is 0.0739. The monoisotopic (exact) mass is 260 g/mol. The maximum atomic E-state index is 12.6. The first-order valence-electron chi connectivity index (χ1n) is 5.47. The van der Waals surface area contributed by atoms with Gasteiger partial charge in [0.1, 0.15) is 0 Å².